The topological polar surface area (TPSA) is 78.4 Å². The summed E-state index contributed by atoms with van der Waals surface area (Å²) < 4.78 is 18.8. The van der Waals surface area contributed by atoms with Crippen molar-refractivity contribution in [2.24, 2.45) is 0 Å². The van der Waals surface area contributed by atoms with E-state index in [1.54, 1.807) is 25.1 Å². The van der Waals surface area contributed by atoms with Crippen LogP contribution in [0, 0.1) is 22.9 Å². The van der Waals surface area contributed by atoms with Crippen molar-refractivity contribution in [1.29, 1.82) is 0 Å². The van der Waals surface area contributed by atoms with Gasteiger partial charge in [0, 0.05) is 12.1 Å². The molecule has 104 valence electrons. The van der Waals surface area contributed by atoms with Crippen LogP contribution in [0.2, 0.25) is 0 Å². The zero-order chi connectivity index (χ0) is 14.7. The fraction of sp³-hybridized carbons (Fsp3) is 0.143. The second-order valence-electron chi connectivity index (χ2n) is 4.35. The Morgan fingerprint density at radius 3 is 2.65 bits per heavy atom. The number of aryl methyl sites for hydroxylation is 1. The van der Waals surface area contributed by atoms with Gasteiger partial charge in [0.05, 0.1) is 4.92 Å². The number of nitrogens with two attached hydrogens (primary N) is 1. The highest BCUT2D eigenvalue weighted by Gasteiger charge is 2.11. The molecule has 0 radical (unpaired) electrons. The van der Waals surface area contributed by atoms with Gasteiger partial charge in [-0.05, 0) is 36.2 Å². The lowest BCUT2D eigenvalue weighted by atomic mass is 10.2. The van der Waals surface area contributed by atoms with Gasteiger partial charge in [0.25, 0.3) is 5.69 Å². The van der Waals surface area contributed by atoms with Crippen LogP contribution in [0.4, 0.5) is 15.8 Å². The van der Waals surface area contributed by atoms with Crippen LogP contribution in [-0.2, 0) is 6.61 Å². The van der Waals surface area contributed by atoms with Gasteiger partial charge in [0.2, 0.25) is 0 Å². The van der Waals surface area contributed by atoms with Crippen LogP contribution < -0.4 is 10.5 Å². The first-order valence-electron chi connectivity index (χ1n) is 5.89. The summed E-state index contributed by atoms with van der Waals surface area (Å²) >= 11 is 0. The van der Waals surface area contributed by atoms with Crippen molar-refractivity contribution in [2.45, 2.75) is 13.5 Å². The van der Waals surface area contributed by atoms with Gasteiger partial charge < -0.3 is 10.5 Å². The zero-order valence-corrected chi connectivity index (χ0v) is 10.8. The monoisotopic (exact) mass is 276 g/mol. The van der Waals surface area contributed by atoms with Crippen molar-refractivity contribution >= 4 is 11.4 Å². The molecule has 2 N–H and O–H groups in total. The first-order chi connectivity index (χ1) is 9.47. The fourth-order valence-electron chi connectivity index (χ4n) is 1.69. The normalized spacial score (nSPS) is 10.3. The van der Waals surface area contributed by atoms with E-state index in [1.165, 1.54) is 18.2 Å². The fourth-order valence-corrected chi connectivity index (χ4v) is 1.69. The summed E-state index contributed by atoms with van der Waals surface area (Å²) in [4.78, 5) is 10.1. The van der Waals surface area contributed by atoms with Gasteiger partial charge in [-0.1, -0.05) is 6.07 Å². The van der Waals surface area contributed by atoms with Crippen LogP contribution in [-0.4, -0.2) is 4.92 Å². The summed E-state index contributed by atoms with van der Waals surface area (Å²) in [5.41, 5.74) is 6.72. The predicted molar refractivity (Wildman–Crippen MR) is 73.0 cm³/mol. The molecule has 0 saturated carbocycles. The molecule has 5 nitrogen and oxygen atoms in total. The molecule has 0 amide bonds. The lowest BCUT2D eigenvalue weighted by molar-refractivity contribution is -0.383. The number of nitrogens with zero attached hydrogens (tertiary/aromatic N) is 1. The van der Waals surface area contributed by atoms with Crippen molar-refractivity contribution in [1.82, 2.24) is 0 Å². The number of halogens is 1. The molecular formula is C14H13FN2O3. The molecule has 2 aromatic carbocycles. The third-order valence-corrected chi connectivity index (χ3v) is 2.84. The zero-order valence-electron chi connectivity index (χ0n) is 10.8. The summed E-state index contributed by atoms with van der Waals surface area (Å²) in [5, 5.41) is 10.6. The van der Waals surface area contributed by atoms with E-state index in [9.17, 15) is 14.5 Å². The smallest absolute Gasteiger partial charge is 0.292 e. The van der Waals surface area contributed by atoms with Crippen LogP contribution in [0.1, 0.15) is 11.1 Å². The molecule has 0 fully saturated rings. The Labute approximate surface area is 114 Å². The lowest BCUT2D eigenvalue weighted by Gasteiger charge is -2.08. The Morgan fingerprint density at radius 2 is 2.05 bits per heavy atom. The van der Waals surface area contributed by atoms with E-state index < -0.39 is 4.92 Å². The third kappa shape index (κ3) is 3.03. The molecule has 0 saturated heterocycles. The Morgan fingerprint density at radius 1 is 1.30 bits per heavy atom. The van der Waals surface area contributed by atoms with Crippen LogP contribution >= 0.6 is 0 Å². The van der Waals surface area contributed by atoms with Gasteiger partial charge in [-0.15, -0.1) is 0 Å². The average Bonchev–Trinajstić information content (AvgIpc) is 2.40. The number of benzene rings is 2. The standard InChI is InChI=1S/C14H13FN2O3/c1-9-2-4-11(7-12(9)15)20-8-10-3-5-14(17(18)19)13(16)6-10/h2-7H,8,16H2,1H3. The molecule has 0 spiro atoms. The molecule has 0 aromatic heterocycles. The van der Waals surface area contributed by atoms with Crippen molar-refractivity contribution in [3.05, 3.63) is 63.5 Å². The molecule has 0 unspecified atom stereocenters. The van der Waals surface area contributed by atoms with Gasteiger partial charge in [0.1, 0.15) is 23.9 Å². The van der Waals surface area contributed by atoms with Gasteiger partial charge in [-0.3, -0.25) is 10.1 Å². The number of hydrogen-bond donors (Lipinski definition) is 1. The van der Waals surface area contributed by atoms with Crippen molar-refractivity contribution in [2.75, 3.05) is 5.73 Å². The molecule has 0 heterocycles. The highest BCUT2D eigenvalue weighted by molar-refractivity contribution is 5.59. The number of hydrogen-bond acceptors (Lipinski definition) is 4. The van der Waals surface area contributed by atoms with E-state index in [4.69, 9.17) is 10.5 Å². The van der Waals surface area contributed by atoms with E-state index in [0.717, 1.165) is 0 Å². The van der Waals surface area contributed by atoms with Gasteiger partial charge in [0.15, 0.2) is 0 Å². The Balaban J connectivity index is 2.09. The number of rotatable bonds is 4. The Hall–Kier alpha value is -2.63. The highest BCUT2D eigenvalue weighted by Crippen LogP contribution is 2.23. The van der Waals surface area contributed by atoms with E-state index in [1.807, 2.05) is 0 Å². The number of nitro benzene ring substituents is 1. The molecule has 0 aliphatic carbocycles. The number of anilines is 1. The molecule has 0 aliphatic rings. The largest absolute Gasteiger partial charge is 0.489 e. The minimum atomic E-state index is -0.546. The summed E-state index contributed by atoms with van der Waals surface area (Å²) in [7, 11) is 0. The van der Waals surface area contributed by atoms with Gasteiger partial charge in [-0.25, -0.2) is 4.39 Å². The molecule has 20 heavy (non-hydrogen) atoms. The lowest BCUT2D eigenvalue weighted by Crippen LogP contribution is -2.00. The number of nitrogen functional groups attached to an aromatic ring is 1. The second kappa shape index (κ2) is 5.56. The van der Waals surface area contributed by atoms with Crippen LogP contribution in [0.15, 0.2) is 36.4 Å². The maximum absolute atomic E-state index is 13.3. The molecule has 0 aliphatic heterocycles. The maximum atomic E-state index is 13.3. The highest BCUT2D eigenvalue weighted by atomic mass is 19.1. The van der Waals surface area contributed by atoms with Gasteiger partial charge >= 0.3 is 0 Å². The van der Waals surface area contributed by atoms with Crippen molar-refractivity contribution in [3.8, 4) is 5.75 Å². The quantitative estimate of drug-likeness (QED) is 0.528. The van der Waals surface area contributed by atoms with Crippen molar-refractivity contribution < 1.29 is 14.1 Å². The predicted octanol–water partition coefficient (Wildman–Crippen LogP) is 3.20. The van der Waals surface area contributed by atoms with Gasteiger partial charge in [-0.2, -0.15) is 0 Å². The molecule has 0 bridgehead atoms. The molecular weight excluding hydrogens is 263 g/mol. The maximum Gasteiger partial charge on any atom is 0.292 e. The molecule has 2 aromatic rings. The first-order valence-corrected chi connectivity index (χ1v) is 5.89. The Bertz CT molecular complexity index is 659. The minimum absolute atomic E-state index is 0.0752. The van der Waals surface area contributed by atoms with E-state index in [0.29, 0.717) is 16.9 Å². The summed E-state index contributed by atoms with van der Waals surface area (Å²) in [6.45, 7) is 1.82. The van der Waals surface area contributed by atoms with Crippen molar-refractivity contribution in [3.63, 3.8) is 0 Å². The molecule has 2 rings (SSSR count). The summed E-state index contributed by atoms with van der Waals surface area (Å²) in [6, 6.07) is 8.93. The Kier molecular flexibility index (Phi) is 3.84. The number of ether oxygens (including phenoxy) is 1. The number of nitro groups is 1. The van der Waals surface area contributed by atoms with E-state index >= 15 is 0 Å². The van der Waals surface area contributed by atoms with Crippen LogP contribution in [0.25, 0.3) is 0 Å². The summed E-state index contributed by atoms with van der Waals surface area (Å²) in [6.07, 6.45) is 0. The van der Waals surface area contributed by atoms with E-state index in [-0.39, 0.29) is 23.8 Å². The first kappa shape index (κ1) is 13.8. The summed E-state index contributed by atoms with van der Waals surface area (Å²) in [5.74, 6) is 0.0516. The molecule has 6 heteroatoms. The average molecular weight is 276 g/mol. The van der Waals surface area contributed by atoms with Crippen LogP contribution in [0.3, 0.4) is 0 Å². The van der Waals surface area contributed by atoms with E-state index in [2.05, 4.69) is 0 Å². The SMILES string of the molecule is Cc1ccc(OCc2ccc([N+](=O)[O-])c(N)c2)cc1F. The third-order valence-electron chi connectivity index (χ3n) is 2.84. The minimum Gasteiger partial charge on any atom is -0.489 e. The second-order valence-corrected chi connectivity index (χ2v) is 4.35. The molecule has 0 atom stereocenters. The van der Waals surface area contributed by atoms with Crippen LogP contribution in [0.5, 0.6) is 5.75 Å².